The number of nitrogens with zero attached hydrogens (tertiary/aromatic N) is 1. The molecule has 0 spiro atoms. The largest absolute Gasteiger partial charge is 0.497 e. The van der Waals surface area contributed by atoms with Gasteiger partial charge in [0.25, 0.3) is 0 Å². The van der Waals surface area contributed by atoms with Crippen molar-refractivity contribution >= 4 is 23.0 Å². The van der Waals surface area contributed by atoms with Gasteiger partial charge in [-0.3, -0.25) is 9.59 Å². The van der Waals surface area contributed by atoms with E-state index in [4.69, 9.17) is 4.74 Å². The molecule has 34 heavy (non-hydrogen) atoms. The first kappa shape index (κ1) is 23.3. The monoisotopic (exact) mass is 454 g/mol. The van der Waals surface area contributed by atoms with E-state index in [-0.39, 0.29) is 0 Å². The lowest BCUT2D eigenvalue weighted by Crippen LogP contribution is -2.41. The number of carbonyl (C=O) groups excluding carboxylic acids is 2. The van der Waals surface area contributed by atoms with Crippen LogP contribution < -0.4 is 10.1 Å². The number of methoxy groups -OCH3 is 1. The van der Waals surface area contributed by atoms with Crippen LogP contribution in [0.15, 0.2) is 84.9 Å². The van der Waals surface area contributed by atoms with Gasteiger partial charge in [0.05, 0.1) is 7.11 Å². The molecule has 0 saturated carbocycles. The summed E-state index contributed by atoms with van der Waals surface area (Å²) in [5.41, 5.74) is 5.43. The first-order chi connectivity index (χ1) is 16.7. The summed E-state index contributed by atoms with van der Waals surface area (Å²) in [6.07, 6.45) is 2.50. The van der Waals surface area contributed by atoms with Crippen LogP contribution in [0.5, 0.6) is 5.75 Å². The van der Waals surface area contributed by atoms with E-state index in [1.807, 2.05) is 48.5 Å². The van der Waals surface area contributed by atoms with Crippen molar-refractivity contribution in [1.82, 2.24) is 10.2 Å². The van der Waals surface area contributed by atoms with E-state index in [1.54, 1.807) is 12.0 Å². The van der Waals surface area contributed by atoms with Crippen molar-refractivity contribution in [3.05, 3.63) is 102 Å². The van der Waals surface area contributed by atoms with Crippen LogP contribution in [0, 0.1) is 0 Å². The van der Waals surface area contributed by atoms with Crippen molar-refractivity contribution in [2.45, 2.75) is 19.3 Å². The number of ether oxygens (including phenoxy) is 1. The van der Waals surface area contributed by atoms with E-state index < -0.39 is 11.8 Å². The number of nitrogens with one attached hydrogen (secondary N) is 1. The van der Waals surface area contributed by atoms with Gasteiger partial charge in [-0.1, -0.05) is 72.8 Å². The smallest absolute Gasteiger partial charge is 0.311 e. The summed E-state index contributed by atoms with van der Waals surface area (Å²) in [5, 5.41) is 2.85. The average molecular weight is 455 g/mol. The number of rotatable bonds is 7. The van der Waals surface area contributed by atoms with Gasteiger partial charge in [-0.2, -0.15) is 0 Å². The van der Waals surface area contributed by atoms with Crippen molar-refractivity contribution in [3.63, 3.8) is 0 Å². The topological polar surface area (TPSA) is 58.6 Å². The van der Waals surface area contributed by atoms with Crippen LogP contribution in [-0.4, -0.2) is 43.5 Å². The number of amides is 2. The van der Waals surface area contributed by atoms with Crippen LogP contribution in [0.25, 0.3) is 11.1 Å². The van der Waals surface area contributed by atoms with Gasteiger partial charge in [0.1, 0.15) is 5.75 Å². The molecule has 0 radical (unpaired) electrons. The molecular weight excluding hydrogens is 424 g/mol. The average Bonchev–Trinajstić information content (AvgIpc) is 3.44. The van der Waals surface area contributed by atoms with Gasteiger partial charge in [0.15, 0.2) is 0 Å². The Balaban J connectivity index is 1.67. The SMILES string of the molecule is COc1ccc(/C(=C(/CCNC(=O)C(=O)N2CCCC2)c2ccccc2)c2ccccc2)cc1. The maximum atomic E-state index is 12.5. The maximum Gasteiger partial charge on any atom is 0.311 e. The van der Waals surface area contributed by atoms with Crippen LogP contribution in [-0.2, 0) is 9.59 Å². The van der Waals surface area contributed by atoms with Crippen LogP contribution >= 0.6 is 0 Å². The Morgan fingerprint density at radius 1 is 0.794 bits per heavy atom. The summed E-state index contributed by atoms with van der Waals surface area (Å²) in [5.74, 6) is -0.161. The fourth-order valence-electron chi connectivity index (χ4n) is 4.37. The molecule has 5 heteroatoms. The molecule has 1 N–H and O–H groups in total. The number of carbonyl (C=O) groups is 2. The molecule has 2 amide bonds. The lowest BCUT2D eigenvalue weighted by Gasteiger charge is -2.19. The van der Waals surface area contributed by atoms with Crippen LogP contribution in [0.4, 0.5) is 0 Å². The minimum atomic E-state index is -0.528. The Bertz CT molecular complexity index is 1130. The first-order valence-electron chi connectivity index (χ1n) is 11.7. The summed E-state index contributed by atoms with van der Waals surface area (Å²) < 4.78 is 5.36. The van der Waals surface area contributed by atoms with Gasteiger partial charge in [-0.25, -0.2) is 0 Å². The molecule has 0 aromatic heterocycles. The summed E-state index contributed by atoms with van der Waals surface area (Å²) >= 11 is 0. The molecule has 3 aromatic rings. The molecule has 1 aliphatic rings. The molecule has 0 aliphatic carbocycles. The highest BCUT2D eigenvalue weighted by Crippen LogP contribution is 2.34. The van der Waals surface area contributed by atoms with Crippen LogP contribution in [0.2, 0.25) is 0 Å². The van der Waals surface area contributed by atoms with Gasteiger partial charge in [0.2, 0.25) is 0 Å². The molecule has 0 unspecified atom stereocenters. The third kappa shape index (κ3) is 5.54. The highest BCUT2D eigenvalue weighted by atomic mass is 16.5. The maximum absolute atomic E-state index is 12.5. The molecule has 1 aliphatic heterocycles. The zero-order valence-corrected chi connectivity index (χ0v) is 19.5. The van der Waals surface area contributed by atoms with Crippen molar-refractivity contribution < 1.29 is 14.3 Å². The summed E-state index contributed by atoms with van der Waals surface area (Å²) in [6, 6.07) is 28.5. The lowest BCUT2D eigenvalue weighted by atomic mass is 9.88. The van der Waals surface area contributed by atoms with Crippen LogP contribution in [0.3, 0.4) is 0 Å². The van der Waals surface area contributed by atoms with Crippen molar-refractivity contribution in [1.29, 1.82) is 0 Å². The van der Waals surface area contributed by atoms with Crippen molar-refractivity contribution in [2.75, 3.05) is 26.7 Å². The quantitative estimate of drug-likeness (QED) is 0.413. The number of hydrogen-bond acceptors (Lipinski definition) is 3. The van der Waals surface area contributed by atoms with Crippen molar-refractivity contribution in [3.8, 4) is 5.75 Å². The predicted octanol–water partition coefficient (Wildman–Crippen LogP) is 4.78. The summed E-state index contributed by atoms with van der Waals surface area (Å²) in [7, 11) is 1.66. The zero-order chi connectivity index (χ0) is 23.8. The van der Waals surface area contributed by atoms with Crippen LogP contribution in [0.1, 0.15) is 36.0 Å². The van der Waals surface area contributed by atoms with Gasteiger partial charge in [0, 0.05) is 19.6 Å². The highest BCUT2D eigenvalue weighted by Gasteiger charge is 2.24. The molecule has 0 bridgehead atoms. The van der Waals surface area contributed by atoms with E-state index in [0.29, 0.717) is 26.1 Å². The second kappa shape index (κ2) is 11.3. The Labute approximate surface area is 201 Å². The Kier molecular flexibility index (Phi) is 7.76. The molecular formula is C29H30N2O3. The summed E-state index contributed by atoms with van der Waals surface area (Å²) in [4.78, 5) is 26.5. The van der Waals surface area contributed by atoms with Gasteiger partial charge >= 0.3 is 11.8 Å². The lowest BCUT2D eigenvalue weighted by molar-refractivity contribution is -0.145. The highest BCUT2D eigenvalue weighted by molar-refractivity contribution is 6.35. The van der Waals surface area contributed by atoms with Crippen molar-refractivity contribution in [2.24, 2.45) is 0 Å². The molecule has 4 rings (SSSR count). The molecule has 1 saturated heterocycles. The Morgan fingerprint density at radius 2 is 1.35 bits per heavy atom. The van der Waals surface area contributed by atoms with Gasteiger partial charge < -0.3 is 15.0 Å². The minimum Gasteiger partial charge on any atom is -0.497 e. The third-order valence-electron chi connectivity index (χ3n) is 6.11. The number of likely N-dealkylation sites (tertiary alicyclic amines) is 1. The fraction of sp³-hybridized carbons (Fsp3) is 0.241. The second-order valence-corrected chi connectivity index (χ2v) is 8.32. The first-order valence-corrected chi connectivity index (χ1v) is 11.7. The third-order valence-corrected chi connectivity index (χ3v) is 6.11. The molecule has 1 fully saturated rings. The number of benzene rings is 3. The molecule has 0 atom stereocenters. The molecule has 5 nitrogen and oxygen atoms in total. The van der Waals surface area contributed by atoms with Gasteiger partial charge in [-0.15, -0.1) is 0 Å². The molecule has 1 heterocycles. The van der Waals surface area contributed by atoms with E-state index in [0.717, 1.165) is 46.4 Å². The Morgan fingerprint density at radius 3 is 1.94 bits per heavy atom. The fourth-order valence-corrected chi connectivity index (χ4v) is 4.37. The number of hydrogen-bond donors (Lipinski definition) is 1. The molecule has 3 aromatic carbocycles. The van der Waals surface area contributed by atoms with E-state index in [1.165, 1.54) is 0 Å². The van der Waals surface area contributed by atoms with E-state index in [2.05, 4.69) is 41.7 Å². The predicted molar refractivity (Wildman–Crippen MR) is 135 cm³/mol. The van der Waals surface area contributed by atoms with E-state index >= 15 is 0 Å². The Hall–Kier alpha value is -3.86. The minimum absolute atomic E-state index is 0.370. The molecule has 174 valence electrons. The van der Waals surface area contributed by atoms with Gasteiger partial charge in [-0.05, 0) is 59.2 Å². The van der Waals surface area contributed by atoms with E-state index in [9.17, 15) is 9.59 Å². The normalized spacial score (nSPS) is 13.9. The zero-order valence-electron chi connectivity index (χ0n) is 19.5. The standard InChI is InChI=1S/C29H30N2O3/c1-34-25-16-14-24(15-17-25)27(23-12-6-3-7-13-23)26(22-10-4-2-5-11-22)18-19-30-28(32)29(33)31-20-8-9-21-31/h2-7,10-17H,8-9,18-21H2,1H3,(H,30,32)/b27-26-. The second-order valence-electron chi connectivity index (χ2n) is 8.32. The summed E-state index contributed by atoms with van der Waals surface area (Å²) in [6.45, 7) is 1.70.